The average Bonchev–Trinajstić information content (AvgIpc) is 2.52. The molecule has 8 heteroatoms. The molecule has 0 spiro atoms. The Kier molecular flexibility index (Phi) is 6.75. The minimum atomic E-state index is -0.378. The van der Waals surface area contributed by atoms with E-state index in [1.807, 2.05) is 0 Å². The molecule has 2 aromatic rings. The molecule has 25 heavy (non-hydrogen) atoms. The average molecular weight is 385 g/mol. The summed E-state index contributed by atoms with van der Waals surface area (Å²) in [4.78, 5) is 24.7. The minimum Gasteiger partial charge on any atom is -0.322 e. The normalized spacial score (nSPS) is 11.7. The van der Waals surface area contributed by atoms with Gasteiger partial charge in [-0.1, -0.05) is 23.2 Å². The largest absolute Gasteiger partial charge is 0.322 e. The predicted octanol–water partition coefficient (Wildman–Crippen LogP) is 2.22. The summed E-state index contributed by atoms with van der Waals surface area (Å²) in [6.45, 7) is 0.147. The third-order valence-electron chi connectivity index (χ3n) is 3.26. The fraction of sp³-hybridized carbons (Fsp3) is 0.176. The lowest BCUT2D eigenvalue weighted by Gasteiger charge is -2.14. The third-order valence-corrected chi connectivity index (χ3v) is 3.82. The van der Waals surface area contributed by atoms with Gasteiger partial charge >= 0.3 is 0 Å². The number of anilines is 2. The molecule has 0 fully saturated rings. The second-order valence-corrected chi connectivity index (χ2v) is 6.38. The molecular weight excluding hydrogens is 368 g/mol. The summed E-state index contributed by atoms with van der Waals surface area (Å²) in [5.74, 6) is -0.953. The Balaban J connectivity index is 1.83. The number of benzene rings is 2. The molecule has 3 N–H and O–H groups in total. The number of halogens is 3. The van der Waals surface area contributed by atoms with Crippen LogP contribution in [0.15, 0.2) is 42.5 Å². The van der Waals surface area contributed by atoms with Crippen LogP contribution in [0, 0.1) is 5.82 Å². The monoisotopic (exact) mass is 384 g/mol. The van der Waals surface area contributed by atoms with E-state index in [0.717, 1.165) is 0 Å². The van der Waals surface area contributed by atoms with Gasteiger partial charge in [0.05, 0.1) is 17.8 Å². The van der Waals surface area contributed by atoms with Crippen LogP contribution >= 0.6 is 23.2 Å². The van der Waals surface area contributed by atoms with Crippen LogP contribution in [-0.4, -0.2) is 32.0 Å². The van der Waals surface area contributed by atoms with E-state index in [1.54, 1.807) is 25.2 Å². The molecule has 0 radical (unpaired) electrons. The molecule has 0 aliphatic heterocycles. The topological polar surface area (TPSA) is 62.6 Å². The van der Waals surface area contributed by atoms with E-state index in [1.165, 1.54) is 24.3 Å². The van der Waals surface area contributed by atoms with Crippen LogP contribution in [0.25, 0.3) is 0 Å². The first-order valence-electron chi connectivity index (χ1n) is 7.45. The summed E-state index contributed by atoms with van der Waals surface area (Å²) >= 11 is 11.9. The van der Waals surface area contributed by atoms with E-state index in [4.69, 9.17) is 23.2 Å². The minimum absolute atomic E-state index is 0.0691. The molecule has 0 heterocycles. The van der Waals surface area contributed by atoms with E-state index in [0.29, 0.717) is 26.3 Å². The molecule has 0 aromatic heterocycles. The highest BCUT2D eigenvalue weighted by atomic mass is 35.5. The zero-order chi connectivity index (χ0) is 18.4. The molecule has 0 saturated heterocycles. The maximum atomic E-state index is 12.8. The number of carbonyl (C=O) groups is 2. The number of nitrogens with one attached hydrogen (secondary N) is 3. The van der Waals surface area contributed by atoms with Crippen molar-refractivity contribution in [1.82, 2.24) is 0 Å². The van der Waals surface area contributed by atoms with Crippen molar-refractivity contribution in [1.29, 1.82) is 0 Å². The van der Waals surface area contributed by atoms with Gasteiger partial charge in [-0.3, -0.25) is 9.59 Å². The fourth-order valence-electron chi connectivity index (χ4n) is 2.14. The quantitative estimate of drug-likeness (QED) is 0.714. The standard InChI is InChI=1S/C17H16Cl2FN3O2/c1-23(9-16(24)21-13-5-3-12(20)4-6-13)10-17(25)22-15-8-11(18)2-7-14(15)19/h2-8H,9-10H2,1H3,(H,21,24)(H,22,25)/p+1. The van der Waals surface area contributed by atoms with Crippen LogP contribution < -0.4 is 15.5 Å². The SMILES string of the molecule is C[NH+](CC(=O)Nc1ccc(F)cc1)CC(=O)Nc1cc(Cl)ccc1Cl. The van der Waals surface area contributed by atoms with Crippen molar-refractivity contribution >= 4 is 46.4 Å². The van der Waals surface area contributed by atoms with Crippen molar-refractivity contribution in [3.05, 3.63) is 58.3 Å². The Morgan fingerprint density at radius 3 is 2.24 bits per heavy atom. The van der Waals surface area contributed by atoms with Gasteiger partial charge in [-0.05, 0) is 42.5 Å². The smallest absolute Gasteiger partial charge is 0.279 e. The van der Waals surface area contributed by atoms with Gasteiger partial charge in [0.1, 0.15) is 5.82 Å². The van der Waals surface area contributed by atoms with Crippen molar-refractivity contribution in [3.63, 3.8) is 0 Å². The summed E-state index contributed by atoms with van der Waals surface area (Å²) < 4.78 is 12.8. The van der Waals surface area contributed by atoms with E-state index >= 15 is 0 Å². The van der Waals surface area contributed by atoms with Crippen LogP contribution in [0.1, 0.15) is 0 Å². The summed E-state index contributed by atoms with van der Waals surface area (Å²) in [6, 6.07) is 10.2. The third kappa shape index (κ3) is 6.34. The molecule has 0 aliphatic rings. The van der Waals surface area contributed by atoms with Crippen molar-refractivity contribution in [2.24, 2.45) is 0 Å². The number of likely N-dealkylation sites (N-methyl/N-ethyl adjacent to an activating group) is 1. The zero-order valence-electron chi connectivity index (χ0n) is 13.4. The number of quaternary nitrogens is 1. The number of carbonyl (C=O) groups excluding carboxylic acids is 2. The molecular formula is C17H17Cl2FN3O2+. The van der Waals surface area contributed by atoms with Crippen molar-refractivity contribution in [3.8, 4) is 0 Å². The maximum absolute atomic E-state index is 12.8. The van der Waals surface area contributed by atoms with Crippen molar-refractivity contribution in [2.45, 2.75) is 0 Å². The first-order chi connectivity index (χ1) is 11.8. The first kappa shape index (κ1) is 19.2. The highest BCUT2D eigenvalue weighted by Gasteiger charge is 2.15. The highest BCUT2D eigenvalue weighted by molar-refractivity contribution is 6.35. The van der Waals surface area contributed by atoms with Gasteiger partial charge in [-0.15, -0.1) is 0 Å². The van der Waals surface area contributed by atoms with Gasteiger partial charge in [0.15, 0.2) is 13.1 Å². The molecule has 1 atom stereocenters. The van der Waals surface area contributed by atoms with Crippen LogP contribution in [0.2, 0.25) is 10.0 Å². The van der Waals surface area contributed by atoms with Gasteiger partial charge in [-0.2, -0.15) is 0 Å². The lowest BCUT2D eigenvalue weighted by Crippen LogP contribution is -3.11. The van der Waals surface area contributed by atoms with Crippen LogP contribution in [0.3, 0.4) is 0 Å². The highest BCUT2D eigenvalue weighted by Crippen LogP contribution is 2.25. The molecule has 5 nitrogen and oxygen atoms in total. The van der Waals surface area contributed by atoms with Gasteiger partial charge in [0, 0.05) is 10.7 Å². The number of amides is 2. The Labute approximate surface area is 154 Å². The fourth-order valence-corrected chi connectivity index (χ4v) is 2.47. The first-order valence-corrected chi connectivity index (χ1v) is 8.20. The molecule has 0 bridgehead atoms. The van der Waals surface area contributed by atoms with Crippen molar-refractivity contribution in [2.75, 3.05) is 30.8 Å². The van der Waals surface area contributed by atoms with E-state index in [2.05, 4.69) is 10.6 Å². The van der Waals surface area contributed by atoms with E-state index in [-0.39, 0.29) is 30.7 Å². The number of hydrogen-bond donors (Lipinski definition) is 3. The zero-order valence-corrected chi connectivity index (χ0v) is 14.9. The van der Waals surface area contributed by atoms with Crippen LogP contribution in [0.5, 0.6) is 0 Å². The number of hydrogen-bond acceptors (Lipinski definition) is 2. The molecule has 2 rings (SSSR count). The molecule has 2 amide bonds. The Morgan fingerprint density at radius 1 is 1.00 bits per heavy atom. The van der Waals surface area contributed by atoms with Crippen molar-refractivity contribution < 1.29 is 18.9 Å². The Morgan fingerprint density at radius 2 is 1.60 bits per heavy atom. The second-order valence-electron chi connectivity index (χ2n) is 5.54. The van der Waals surface area contributed by atoms with Crippen LogP contribution in [-0.2, 0) is 9.59 Å². The maximum Gasteiger partial charge on any atom is 0.279 e. The molecule has 132 valence electrons. The van der Waals surface area contributed by atoms with Gasteiger partial charge in [0.25, 0.3) is 11.8 Å². The summed E-state index contributed by atoms with van der Waals surface area (Å²) in [6.07, 6.45) is 0. The number of rotatable bonds is 6. The molecule has 0 saturated carbocycles. The Bertz CT molecular complexity index is 769. The molecule has 1 unspecified atom stereocenters. The lowest BCUT2D eigenvalue weighted by atomic mass is 10.3. The Hall–Kier alpha value is -2.15. The van der Waals surface area contributed by atoms with Gasteiger partial charge in [-0.25, -0.2) is 4.39 Å². The predicted molar refractivity (Wildman–Crippen MR) is 96.7 cm³/mol. The summed E-state index contributed by atoms with van der Waals surface area (Å²) in [5, 5.41) is 6.14. The molecule has 0 aliphatic carbocycles. The van der Waals surface area contributed by atoms with Gasteiger partial charge < -0.3 is 15.5 Å². The van der Waals surface area contributed by atoms with E-state index in [9.17, 15) is 14.0 Å². The summed E-state index contributed by atoms with van der Waals surface area (Å²) in [5.41, 5.74) is 0.914. The second kappa shape index (κ2) is 8.80. The lowest BCUT2D eigenvalue weighted by molar-refractivity contribution is -0.862. The summed E-state index contributed by atoms with van der Waals surface area (Å²) in [7, 11) is 1.71. The van der Waals surface area contributed by atoms with Crippen LogP contribution in [0.4, 0.5) is 15.8 Å². The van der Waals surface area contributed by atoms with E-state index < -0.39 is 0 Å². The molecule has 2 aromatic carbocycles. The van der Waals surface area contributed by atoms with Gasteiger partial charge in [0.2, 0.25) is 0 Å².